The molecule has 0 saturated heterocycles. The lowest BCUT2D eigenvalue weighted by Gasteiger charge is -2.22. The summed E-state index contributed by atoms with van der Waals surface area (Å²) in [6.45, 7) is 9.56. The summed E-state index contributed by atoms with van der Waals surface area (Å²) < 4.78 is 20.2. The highest BCUT2D eigenvalue weighted by atomic mass is 31.2. The van der Waals surface area contributed by atoms with E-state index in [1.54, 1.807) is 24.3 Å². The summed E-state index contributed by atoms with van der Waals surface area (Å²) >= 11 is 0. The number of carbonyl (C=O) groups is 1. The summed E-state index contributed by atoms with van der Waals surface area (Å²) in [5.74, 6) is 0.475. The van der Waals surface area contributed by atoms with Crippen molar-refractivity contribution in [1.82, 2.24) is 0 Å². The second kappa shape index (κ2) is 7.77. The van der Waals surface area contributed by atoms with E-state index in [2.05, 4.69) is 0 Å². The normalized spacial score (nSPS) is 13.0. The molecule has 0 aliphatic heterocycles. The Morgan fingerprint density at radius 1 is 0.750 bits per heavy atom. The Balaban J connectivity index is 2.19. The first-order valence-electron chi connectivity index (χ1n) is 9.27. The molecule has 3 aromatic carbocycles. The highest BCUT2D eigenvalue weighted by Crippen LogP contribution is 2.50. The van der Waals surface area contributed by atoms with Crippen molar-refractivity contribution in [2.75, 3.05) is 0 Å². The van der Waals surface area contributed by atoms with Gasteiger partial charge in [0.1, 0.15) is 5.75 Å². The van der Waals surface area contributed by atoms with E-state index >= 15 is 0 Å². The van der Waals surface area contributed by atoms with Crippen molar-refractivity contribution in [1.29, 1.82) is 0 Å². The monoisotopic (exact) mass is 392 g/mol. The molecule has 3 rings (SSSR count). The largest absolute Gasteiger partial charge is 0.435 e. The van der Waals surface area contributed by atoms with Crippen molar-refractivity contribution >= 4 is 18.2 Å². The standard InChI is InChI=1S/C24H25O3P/c1-16-11-12-18(3)22(15-16)27-28(26,21-9-7-6-8-10-21)24(25)23-19(4)13-17(2)14-20(23)5/h6-15H,1-5H3. The Labute approximate surface area is 166 Å². The van der Waals surface area contributed by atoms with Gasteiger partial charge in [-0.05, 0) is 75.1 Å². The van der Waals surface area contributed by atoms with Crippen LogP contribution < -0.4 is 9.83 Å². The van der Waals surface area contributed by atoms with E-state index in [1.807, 2.05) is 71.0 Å². The molecule has 4 heteroatoms. The minimum Gasteiger partial charge on any atom is -0.435 e. The average molecular weight is 392 g/mol. The molecule has 0 aliphatic carbocycles. The summed E-state index contributed by atoms with van der Waals surface area (Å²) in [5, 5.41) is 0.403. The van der Waals surface area contributed by atoms with E-state index in [0.29, 0.717) is 16.6 Å². The van der Waals surface area contributed by atoms with Gasteiger partial charge < -0.3 is 4.52 Å². The van der Waals surface area contributed by atoms with Crippen LogP contribution in [0, 0.1) is 34.6 Å². The molecule has 0 N–H and O–H groups in total. The van der Waals surface area contributed by atoms with Crippen molar-refractivity contribution < 1.29 is 13.9 Å². The quantitative estimate of drug-likeness (QED) is 0.496. The van der Waals surface area contributed by atoms with Crippen molar-refractivity contribution in [2.24, 2.45) is 0 Å². The number of carbonyl (C=O) groups excluding carboxylic acids is 1. The van der Waals surface area contributed by atoms with Gasteiger partial charge in [0, 0.05) is 5.56 Å². The van der Waals surface area contributed by atoms with Gasteiger partial charge in [0.2, 0.25) is 0 Å². The van der Waals surface area contributed by atoms with Crippen LogP contribution in [0.4, 0.5) is 0 Å². The van der Waals surface area contributed by atoms with Gasteiger partial charge in [-0.25, -0.2) is 0 Å². The van der Waals surface area contributed by atoms with E-state index in [4.69, 9.17) is 4.52 Å². The second-order valence-electron chi connectivity index (χ2n) is 7.33. The SMILES string of the molecule is Cc1cc(C)c(C(=O)P(=O)(Oc2cc(C)ccc2C)c2ccccc2)c(C)c1. The Hall–Kier alpha value is -2.64. The zero-order chi connectivity index (χ0) is 20.5. The highest BCUT2D eigenvalue weighted by molar-refractivity contribution is 7.83. The number of aryl methyl sites for hydroxylation is 5. The van der Waals surface area contributed by atoms with Gasteiger partial charge in [-0.1, -0.05) is 48.0 Å². The predicted octanol–water partition coefficient (Wildman–Crippen LogP) is 6.05. The topological polar surface area (TPSA) is 43.4 Å². The summed E-state index contributed by atoms with van der Waals surface area (Å²) in [6, 6.07) is 18.4. The molecule has 0 radical (unpaired) electrons. The summed E-state index contributed by atoms with van der Waals surface area (Å²) in [6.07, 6.45) is 0. The van der Waals surface area contributed by atoms with Crippen LogP contribution in [-0.4, -0.2) is 5.52 Å². The molecule has 3 nitrogen and oxygen atoms in total. The molecule has 144 valence electrons. The maximum absolute atomic E-state index is 14.2. The Kier molecular flexibility index (Phi) is 5.58. The number of hydrogen-bond donors (Lipinski definition) is 0. The third-order valence-electron chi connectivity index (χ3n) is 4.82. The first kappa shape index (κ1) is 20.1. The fourth-order valence-corrected chi connectivity index (χ4v) is 5.55. The summed E-state index contributed by atoms with van der Waals surface area (Å²) in [7, 11) is -3.86. The van der Waals surface area contributed by atoms with Gasteiger partial charge in [0.25, 0.3) is 5.52 Å². The maximum Gasteiger partial charge on any atom is 0.346 e. The lowest BCUT2D eigenvalue weighted by Crippen LogP contribution is -2.19. The molecule has 1 unspecified atom stereocenters. The summed E-state index contributed by atoms with van der Waals surface area (Å²) in [5.41, 5.74) is 4.52. The lowest BCUT2D eigenvalue weighted by atomic mass is 10.0. The fourth-order valence-electron chi connectivity index (χ4n) is 3.44. The van der Waals surface area contributed by atoms with Crippen LogP contribution in [0.25, 0.3) is 0 Å². The first-order chi connectivity index (χ1) is 13.2. The van der Waals surface area contributed by atoms with Crippen LogP contribution in [0.1, 0.15) is 38.2 Å². The molecule has 0 fully saturated rings. The highest BCUT2D eigenvalue weighted by Gasteiger charge is 2.39. The van der Waals surface area contributed by atoms with Crippen molar-refractivity contribution in [2.45, 2.75) is 34.6 Å². The fraction of sp³-hybridized carbons (Fsp3) is 0.208. The van der Waals surface area contributed by atoms with E-state index in [9.17, 15) is 9.36 Å². The van der Waals surface area contributed by atoms with Gasteiger partial charge in [-0.3, -0.25) is 9.36 Å². The molecule has 0 saturated carbocycles. The van der Waals surface area contributed by atoms with Gasteiger partial charge in [-0.15, -0.1) is 0 Å². The first-order valence-corrected chi connectivity index (χ1v) is 10.9. The molecule has 3 aromatic rings. The molecule has 0 heterocycles. The Morgan fingerprint density at radius 2 is 1.36 bits per heavy atom. The Morgan fingerprint density at radius 3 is 1.96 bits per heavy atom. The number of hydrogen-bond acceptors (Lipinski definition) is 3. The van der Waals surface area contributed by atoms with Gasteiger partial charge in [0.15, 0.2) is 0 Å². The third kappa shape index (κ3) is 3.81. The molecule has 1 atom stereocenters. The molecule has 0 aromatic heterocycles. The third-order valence-corrected chi connectivity index (χ3v) is 7.02. The van der Waals surface area contributed by atoms with Gasteiger partial charge in [-0.2, -0.15) is 0 Å². The zero-order valence-corrected chi connectivity index (χ0v) is 17.8. The number of rotatable bonds is 5. The van der Waals surface area contributed by atoms with Crippen LogP contribution in [0.15, 0.2) is 60.7 Å². The van der Waals surface area contributed by atoms with E-state index in [0.717, 1.165) is 27.8 Å². The zero-order valence-electron chi connectivity index (χ0n) is 16.9. The van der Waals surface area contributed by atoms with Crippen LogP contribution in [0.2, 0.25) is 0 Å². The van der Waals surface area contributed by atoms with Crippen LogP contribution in [-0.2, 0) is 4.57 Å². The van der Waals surface area contributed by atoms with Crippen molar-refractivity contribution in [3.05, 3.63) is 94.0 Å². The van der Waals surface area contributed by atoms with E-state index < -0.39 is 12.9 Å². The lowest BCUT2D eigenvalue weighted by molar-refractivity contribution is 0.106. The van der Waals surface area contributed by atoms with Gasteiger partial charge in [0.05, 0.1) is 5.30 Å². The summed E-state index contributed by atoms with van der Waals surface area (Å²) in [4.78, 5) is 13.6. The molecular formula is C24H25O3P. The van der Waals surface area contributed by atoms with E-state index in [1.165, 1.54) is 0 Å². The van der Waals surface area contributed by atoms with Crippen LogP contribution in [0.5, 0.6) is 5.75 Å². The predicted molar refractivity (Wildman–Crippen MR) is 115 cm³/mol. The van der Waals surface area contributed by atoms with Crippen molar-refractivity contribution in [3.8, 4) is 5.75 Å². The smallest absolute Gasteiger partial charge is 0.346 e. The molecule has 0 spiro atoms. The van der Waals surface area contributed by atoms with Gasteiger partial charge >= 0.3 is 7.37 Å². The van der Waals surface area contributed by atoms with Crippen LogP contribution in [0.3, 0.4) is 0 Å². The average Bonchev–Trinajstić information content (AvgIpc) is 2.64. The molecule has 0 aliphatic rings. The Bertz CT molecular complexity index is 1060. The maximum atomic E-state index is 14.2. The van der Waals surface area contributed by atoms with E-state index in [-0.39, 0.29) is 0 Å². The number of benzene rings is 3. The molecule has 0 bridgehead atoms. The molecular weight excluding hydrogens is 367 g/mol. The minimum absolute atomic E-state index is 0.403. The second-order valence-corrected chi connectivity index (χ2v) is 9.53. The molecule has 28 heavy (non-hydrogen) atoms. The van der Waals surface area contributed by atoms with Crippen LogP contribution >= 0.6 is 7.37 Å². The molecule has 0 amide bonds. The minimum atomic E-state index is -3.86. The van der Waals surface area contributed by atoms with Crippen molar-refractivity contribution in [3.63, 3.8) is 0 Å².